The van der Waals surface area contributed by atoms with Crippen LogP contribution in [-0.2, 0) is 0 Å². The van der Waals surface area contributed by atoms with E-state index in [1.165, 1.54) is 0 Å². The SMILES string of the molecule is O=C(O)c1nc(-c2cnc3ccccc3n2)cs1. The van der Waals surface area contributed by atoms with E-state index < -0.39 is 5.97 Å². The molecule has 2 heterocycles. The van der Waals surface area contributed by atoms with E-state index >= 15 is 0 Å². The lowest BCUT2D eigenvalue weighted by Crippen LogP contribution is -1.95. The van der Waals surface area contributed by atoms with Crippen molar-refractivity contribution in [3.05, 3.63) is 40.8 Å². The van der Waals surface area contributed by atoms with E-state index in [9.17, 15) is 4.79 Å². The maximum atomic E-state index is 10.8. The number of hydrogen-bond donors (Lipinski definition) is 1. The Labute approximate surface area is 106 Å². The lowest BCUT2D eigenvalue weighted by atomic mass is 10.3. The van der Waals surface area contributed by atoms with Gasteiger partial charge in [-0.05, 0) is 12.1 Å². The Bertz CT molecular complexity index is 739. The van der Waals surface area contributed by atoms with Gasteiger partial charge in [-0.3, -0.25) is 4.98 Å². The van der Waals surface area contributed by atoms with Crippen LogP contribution in [0.15, 0.2) is 35.8 Å². The largest absolute Gasteiger partial charge is 0.476 e. The van der Waals surface area contributed by atoms with Crippen LogP contribution in [0, 0.1) is 0 Å². The molecule has 0 aliphatic carbocycles. The summed E-state index contributed by atoms with van der Waals surface area (Å²) in [6, 6.07) is 7.50. The van der Waals surface area contributed by atoms with E-state index in [4.69, 9.17) is 5.11 Å². The van der Waals surface area contributed by atoms with E-state index in [-0.39, 0.29) is 5.01 Å². The number of fused-ring (bicyclic) bond motifs is 1. The van der Waals surface area contributed by atoms with Gasteiger partial charge in [-0.1, -0.05) is 12.1 Å². The number of carbonyl (C=O) groups is 1. The Balaban J connectivity index is 2.10. The summed E-state index contributed by atoms with van der Waals surface area (Å²) in [5, 5.41) is 10.6. The lowest BCUT2D eigenvalue weighted by molar-refractivity contribution is 0.0696. The number of benzene rings is 1. The van der Waals surface area contributed by atoms with Crippen LogP contribution in [0.4, 0.5) is 0 Å². The standard InChI is InChI=1S/C12H7N3O2S/c16-12(17)11-15-10(6-18-11)9-5-13-7-3-1-2-4-8(7)14-9/h1-6H,(H,16,17). The van der Waals surface area contributed by atoms with Crippen LogP contribution in [0.2, 0.25) is 0 Å². The third-order valence-electron chi connectivity index (χ3n) is 2.40. The van der Waals surface area contributed by atoms with Gasteiger partial charge in [-0.15, -0.1) is 11.3 Å². The lowest BCUT2D eigenvalue weighted by Gasteiger charge is -1.98. The average molecular weight is 257 g/mol. The zero-order valence-electron chi connectivity index (χ0n) is 9.07. The van der Waals surface area contributed by atoms with Crippen LogP contribution in [0.25, 0.3) is 22.4 Å². The predicted octanol–water partition coefficient (Wildman–Crippen LogP) is 2.45. The highest BCUT2D eigenvalue weighted by Gasteiger charge is 2.11. The molecule has 1 N–H and O–H groups in total. The van der Waals surface area contributed by atoms with Gasteiger partial charge in [-0.25, -0.2) is 14.8 Å². The first kappa shape index (κ1) is 10.8. The molecule has 0 amide bonds. The summed E-state index contributed by atoms with van der Waals surface area (Å²) in [5.74, 6) is -1.03. The Morgan fingerprint density at radius 1 is 1.11 bits per heavy atom. The van der Waals surface area contributed by atoms with Gasteiger partial charge in [0.05, 0.1) is 17.2 Å². The highest BCUT2D eigenvalue weighted by atomic mass is 32.1. The topological polar surface area (TPSA) is 76.0 Å². The maximum absolute atomic E-state index is 10.8. The van der Waals surface area contributed by atoms with Crippen LogP contribution in [0.1, 0.15) is 9.80 Å². The summed E-state index contributed by atoms with van der Waals surface area (Å²) < 4.78 is 0. The first-order valence-corrected chi connectivity index (χ1v) is 6.03. The molecule has 0 unspecified atom stereocenters. The molecular formula is C12H7N3O2S. The molecule has 0 spiro atoms. The number of thiazole rings is 1. The summed E-state index contributed by atoms with van der Waals surface area (Å²) in [6.45, 7) is 0. The molecule has 5 nitrogen and oxygen atoms in total. The fourth-order valence-corrected chi connectivity index (χ4v) is 2.22. The molecule has 0 atom stereocenters. The van der Waals surface area contributed by atoms with Crippen LogP contribution in [-0.4, -0.2) is 26.0 Å². The Morgan fingerprint density at radius 3 is 2.61 bits per heavy atom. The zero-order chi connectivity index (χ0) is 12.5. The minimum absolute atomic E-state index is 0.0555. The second-order valence-corrected chi connectivity index (χ2v) is 4.45. The molecule has 0 fully saturated rings. The molecule has 0 saturated carbocycles. The van der Waals surface area contributed by atoms with Crippen molar-refractivity contribution in [1.29, 1.82) is 0 Å². The monoisotopic (exact) mass is 257 g/mol. The second kappa shape index (κ2) is 4.15. The van der Waals surface area contributed by atoms with E-state index in [0.29, 0.717) is 11.4 Å². The summed E-state index contributed by atoms with van der Waals surface area (Å²) in [5.41, 5.74) is 2.68. The molecule has 3 rings (SSSR count). The van der Waals surface area contributed by atoms with Crippen molar-refractivity contribution in [2.24, 2.45) is 0 Å². The van der Waals surface area contributed by atoms with Gasteiger partial charge in [0.2, 0.25) is 5.01 Å². The quantitative estimate of drug-likeness (QED) is 0.763. The molecule has 2 aromatic heterocycles. The summed E-state index contributed by atoms with van der Waals surface area (Å²) in [6.07, 6.45) is 1.60. The minimum Gasteiger partial charge on any atom is -0.476 e. The Morgan fingerprint density at radius 2 is 1.89 bits per heavy atom. The van der Waals surface area contributed by atoms with Crippen LogP contribution >= 0.6 is 11.3 Å². The van der Waals surface area contributed by atoms with Crippen LogP contribution in [0.5, 0.6) is 0 Å². The van der Waals surface area contributed by atoms with Crippen molar-refractivity contribution < 1.29 is 9.90 Å². The fraction of sp³-hybridized carbons (Fsp3) is 0. The normalized spacial score (nSPS) is 10.7. The highest BCUT2D eigenvalue weighted by molar-refractivity contribution is 7.11. The molecular weight excluding hydrogens is 250 g/mol. The molecule has 0 bridgehead atoms. The first-order valence-electron chi connectivity index (χ1n) is 5.15. The van der Waals surface area contributed by atoms with Gasteiger partial charge in [0, 0.05) is 5.38 Å². The number of aromatic nitrogens is 3. The number of carboxylic acid groups (broad SMARTS) is 1. The molecule has 3 aromatic rings. The number of nitrogens with zero attached hydrogens (tertiary/aromatic N) is 3. The summed E-state index contributed by atoms with van der Waals surface area (Å²) >= 11 is 1.08. The molecule has 0 saturated heterocycles. The van der Waals surface area contributed by atoms with Crippen molar-refractivity contribution >= 4 is 28.3 Å². The Hall–Kier alpha value is -2.34. The average Bonchev–Trinajstić information content (AvgIpc) is 2.88. The molecule has 18 heavy (non-hydrogen) atoms. The third-order valence-corrected chi connectivity index (χ3v) is 3.23. The highest BCUT2D eigenvalue weighted by Crippen LogP contribution is 2.21. The van der Waals surface area contributed by atoms with Gasteiger partial charge in [0.15, 0.2) is 0 Å². The summed E-state index contributed by atoms with van der Waals surface area (Å²) in [4.78, 5) is 23.4. The first-order chi connectivity index (χ1) is 8.74. The molecule has 6 heteroatoms. The van der Waals surface area contributed by atoms with Crippen LogP contribution < -0.4 is 0 Å². The Kier molecular flexibility index (Phi) is 2.49. The number of aromatic carboxylic acids is 1. The zero-order valence-corrected chi connectivity index (χ0v) is 9.89. The van der Waals surface area contributed by atoms with E-state index in [0.717, 1.165) is 22.4 Å². The predicted molar refractivity (Wildman–Crippen MR) is 67.6 cm³/mol. The molecule has 88 valence electrons. The molecule has 0 radical (unpaired) electrons. The number of rotatable bonds is 2. The van der Waals surface area contributed by atoms with Crippen molar-refractivity contribution in [2.75, 3.05) is 0 Å². The van der Waals surface area contributed by atoms with Gasteiger partial charge in [0.25, 0.3) is 0 Å². The second-order valence-electron chi connectivity index (χ2n) is 3.59. The van der Waals surface area contributed by atoms with E-state index in [2.05, 4.69) is 15.0 Å². The number of para-hydroxylation sites is 2. The fourth-order valence-electron chi connectivity index (χ4n) is 1.57. The smallest absolute Gasteiger partial charge is 0.365 e. The van der Waals surface area contributed by atoms with Gasteiger partial charge in [-0.2, -0.15) is 0 Å². The van der Waals surface area contributed by atoms with Gasteiger partial charge in [0.1, 0.15) is 11.4 Å². The van der Waals surface area contributed by atoms with Crippen molar-refractivity contribution in [1.82, 2.24) is 15.0 Å². The number of hydrogen-bond acceptors (Lipinski definition) is 5. The minimum atomic E-state index is -1.03. The third kappa shape index (κ3) is 1.82. The summed E-state index contributed by atoms with van der Waals surface area (Å²) in [7, 11) is 0. The van der Waals surface area contributed by atoms with E-state index in [1.54, 1.807) is 11.6 Å². The number of carboxylic acids is 1. The van der Waals surface area contributed by atoms with Crippen LogP contribution in [0.3, 0.4) is 0 Å². The maximum Gasteiger partial charge on any atom is 0.365 e. The van der Waals surface area contributed by atoms with Gasteiger partial charge < -0.3 is 5.11 Å². The molecule has 1 aromatic carbocycles. The molecule has 0 aliphatic heterocycles. The van der Waals surface area contributed by atoms with Crippen molar-refractivity contribution in [3.63, 3.8) is 0 Å². The van der Waals surface area contributed by atoms with Crippen molar-refractivity contribution in [3.8, 4) is 11.4 Å². The van der Waals surface area contributed by atoms with Gasteiger partial charge >= 0.3 is 5.97 Å². The van der Waals surface area contributed by atoms with Crippen molar-refractivity contribution in [2.45, 2.75) is 0 Å². The molecule has 0 aliphatic rings. The van der Waals surface area contributed by atoms with E-state index in [1.807, 2.05) is 24.3 Å².